The Bertz CT molecular complexity index is 917. The van der Waals surface area contributed by atoms with Crippen molar-refractivity contribution in [1.82, 2.24) is 5.32 Å². The molecular formula is C20H19Cl2F2NO2. The summed E-state index contributed by atoms with van der Waals surface area (Å²) in [5, 5.41) is 3.28. The predicted molar refractivity (Wildman–Crippen MR) is 102 cm³/mol. The van der Waals surface area contributed by atoms with Gasteiger partial charge in [-0.2, -0.15) is 0 Å². The normalized spacial score (nSPS) is 20.3. The lowest BCUT2D eigenvalue weighted by molar-refractivity contribution is 0.0944. The van der Waals surface area contributed by atoms with Crippen molar-refractivity contribution >= 4 is 29.1 Å². The number of carbonyl (C=O) groups excluding carboxylic acids is 1. The maximum atomic E-state index is 14.4. The van der Waals surface area contributed by atoms with Crippen LogP contribution in [0.25, 0.3) is 0 Å². The average Bonchev–Trinajstić information content (AvgIpc) is 3.16. The van der Waals surface area contributed by atoms with Crippen LogP contribution in [-0.4, -0.2) is 19.6 Å². The van der Waals surface area contributed by atoms with Gasteiger partial charge in [0.1, 0.15) is 17.2 Å². The highest BCUT2D eigenvalue weighted by Gasteiger charge is 2.62. The van der Waals surface area contributed by atoms with Crippen molar-refractivity contribution in [2.75, 3.05) is 13.7 Å². The molecule has 0 aromatic heterocycles. The smallest absolute Gasteiger partial charge is 0.256 e. The first-order valence-electron chi connectivity index (χ1n) is 8.39. The van der Waals surface area contributed by atoms with Crippen LogP contribution in [0.3, 0.4) is 0 Å². The highest BCUT2D eigenvalue weighted by molar-refractivity contribution is 6.37. The van der Waals surface area contributed by atoms with Gasteiger partial charge in [-0.15, -0.1) is 0 Å². The second-order valence-electron chi connectivity index (χ2n) is 7.39. The van der Waals surface area contributed by atoms with Crippen molar-refractivity contribution in [3.8, 4) is 5.75 Å². The third-order valence-electron chi connectivity index (χ3n) is 5.40. The Hall–Kier alpha value is -1.85. The number of halogens is 4. The van der Waals surface area contributed by atoms with Crippen LogP contribution in [0.2, 0.25) is 10.0 Å². The molecule has 0 saturated heterocycles. The van der Waals surface area contributed by atoms with Crippen LogP contribution < -0.4 is 10.1 Å². The maximum absolute atomic E-state index is 14.4. The number of methoxy groups -OCH3 is 1. The van der Waals surface area contributed by atoms with Crippen LogP contribution in [0.5, 0.6) is 5.75 Å². The highest BCUT2D eigenvalue weighted by atomic mass is 35.5. The van der Waals surface area contributed by atoms with Crippen molar-refractivity contribution < 1.29 is 18.3 Å². The lowest BCUT2D eigenvalue weighted by Gasteiger charge is -2.23. The molecule has 1 unspecified atom stereocenters. The number of rotatable bonds is 5. The Morgan fingerprint density at radius 1 is 1.19 bits per heavy atom. The number of carbonyl (C=O) groups is 1. The minimum absolute atomic E-state index is 0.125. The maximum Gasteiger partial charge on any atom is 0.256 e. The van der Waals surface area contributed by atoms with Crippen LogP contribution in [0.4, 0.5) is 8.78 Å². The Kier molecular flexibility index (Phi) is 5.12. The predicted octanol–water partition coefficient (Wildman–Crippen LogP) is 5.38. The molecule has 1 N–H and O–H groups in total. The monoisotopic (exact) mass is 413 g/mol. The van der Waals surface area contributed by atoms with Crippen molar-refractivity contribution in [1.29, 1.82) is 0 Å². The van der Waals surface area contributed by atoms with E-state index in [0.717, 1.165) is 6.07 Å². The standard InChI is InChI=1S/C20H19Cl2F2NO2/c1-19(2)9-20(19,12-5-4-11(23)8-15(12)24)10-25-18(26)16-13(21)6-7-14(22)17(16)27-3/h4-8H,9-10H2,1-3H3,(H,25,26). The molecule has 1 aliphatic rings. The average molecular weight is 414 g/mol. The number of benzene rings is 2. The van der Waals surface area contributed by atoms with E-state index in [2.05, 4.69) is 5.32 Å². The van der Waals surface area contributed by atoms with Gasteiger partial charge in [0.05, 0.1) is 17.2 Å². The summed E-state index contributed by atoms with van der Waals surface area (Å²) >= 11 is 12.2. The molecule has 0 aliphatic heterocycles. The van der Waals surface area contributed by atoms with Crippen LogP contribution in [0.1, 0.15) is 36.2 Å². The summed E-state index contributed by atoms with van der Waals surface area (Å²) in [7, 11) is 1.40. The summed E-state index contributed by atoms with van der Waals surface area (Å²) < 4.78 is 32.9. The SMILES string of the molecule is COc1c(Cl)ccc(Cl)c1C(=O)NCC1(c2ccc(F)cc2F)CC1(C)C. The Morgan fingerprint density at radius 2 is 1.81 bits per heavy atom. The molecular weight excluding hydrogens is 395 g/mol. The molecule has 1 atom stereocenters. The van der Waals surface area contributed by atoms with Crippen LogP contribution in [-0.2, 0) is 5.41 Å². The molecule has 0 radical (unpaired) electrons. The molecule has 1 saturated carbocycles. The van der Waals surface area contributed by atoms with Gasteiger partial charge < -0.3 is 10.1 Å². The molecule has 1 amide bonds. The van der Waals surface area contributed by atoms with E-state index in [9.17, 15) is 13.6 Å². The molecule has 2 aromatic carbocycles. The largest absolute Gasteiger partial charge is 0.494 e. The molecule has 144 valence electrons. The second-order valence-corrected chi connectivity index (χ2v) is 8.20. The number of hydrogen-bond donors (Lipinski definition) is 1. The summed E-state index contributed by atoms with van der Waals surface area (Å²) in [4.78, 5) is 12.8. The van der Waals surface area contributed by atoms with E-state index in [1.807, 2.05) is 13.8 Å². The molecule has 7 heteroatoms. The molecule has 0 bridgehead atoms. The van der Waals surface area contributed by atoms with Crippen LogP contribution in [0.15, 0.2) is 30.3 Å². The highest BCUT2D eigenvalue weighted by Crippen LogP contribution is 2.64. The minimum atomic E-state index is -0.635. The molecule has 0 spiro atoms. The summed E-state index contributed by atoms with van der Waals surface area (Å²) in [5.74, 6) is -1.54. The molecule has 3 rings (SSSR count). The van der Waals surface area contributed by atoms with Gasteiger partial charge in [-0.05, 0) is 35.6 Å². The van der Waals surface area contributed by atoms with Crippen LogP contribution >= 0.6 is 23.2 Å². The topological polar surface area (TPSA) is 38.3 Å². The zero-order valence-corrected chi connectivity index (χ0v) is 16.6. The summed E-state index contributed by atoms with van der Waals surface area (Å²) in [6.45, 7) is 4.14. The third kappa shape index (κ3) is 3.39. The van der Waals surface area contributed by atoms with Crippen molar-refractivity contribution in [3.63, 3.8) is 0 Å². The zero-order chi connectivity index (χ0) is 20.0. The third-order valence-corrected chi connectivity index (χ3v) is 6.01. The Morgan fingerprint density at radius 3 is 2.37 bits per heavy atom. The fraction of sp³-hybridized carbons (Fsp3) is 0.350. The number of amides is 1. The van der Waals surface area contributed by atoms with Gasteiger partial charge in [0.25, 0.3) is 5.91 Å². The van der Waals surface area contributed by atoms with Gasteiger partial charge in [-0.1, -0.05) is 43.1 Å². The first-order valence-corrected chi connectivity index (χ1v) is 9.14. The molecule has 0 heterocycles. The lowest BCUT2D eigenvalue weighted by Crippen LogP contribution is -2.35. The molecule has 1 fully saturated rings. The van der Waals surface area contributed by atoms with Gasteiger partial charge in [0.2, 0.25) is 0 Å². The van der Waals surface area contributed by atoms with Gasteiger partial charge in [0.15, 0.2) is 5.75 Å². The Balaban J connectivity index is 1.89. The van der Waals surface area contributed by atoms with Crippen molar-refractivity contribution in [2.45, 2.75) is 25.7 Å². The molecule has 2 aromatic rings. The number of hydrogen-bond acceptors (Lipinski definition) is 2. The van der Waals surface area contributed by atoms with E-state index in [-0.39, 0.29) is 33.3 Å². The first-order chi connectivity index (χ1) is 12.6. The van der Waals surface area contributed by atoms with Gasteiger partial charge in [-0.25, -0.2) is 8.78 Å². The van der Waals surface area contributed by atoms with Gasteiger partial charge in [0, 0.05) is 18.0 Å². The van der Waals surface area contributed by atoms with E-state index in [1.54, 1.807) is 6.07 Å². The quantitative estimate of drug-likeness (QED) is 0.714. The van der Waals surface area contributed by atoms with Crippen molar-refractivity contribution in [3.05, 3.63) is 63.1 Å². The van der Waals surface area contributed by atoms with E-state index in [0.29, 0.717) is 12.0 Å². The number of ether oxygens (including phenoxy) is 1. The fourth-order valence-electron chi connectivity index (χ4n) is 3.71. The lowest BCUT2D eigenvalue weighted by atomic mass is 9.87. The second kappa shape index (κ2) is 6.95. The van der Waals surface area contributed by atoms with Crippen molar-refractivity contribution in [2.24, 2.45) is 5.41 Å². The molecule has 1 aliphatic carbocycles. The van der Waals surface area contributed by atoms with E-state index in [4.69, 9.17) is 27.9 Å². The van der Waals surface area contributed by atoms with Crippen LogP contribution in [0, 0.1) is 17.0 Å². The fourth-order valence-corrected chi connectivity index (χ4v) is 4.18. The number of nitrogens with one attached hydrogen (secondary N) is 1. The zero-order valence-electron chi connectivity index (χ0n) is 15.1. The summed E-state index contributed by atoms with van der Waals surface area (Å²) in [5.41, 5.74) is -0.363. The summed E-state index contributed by atoms with van der Waals surface area (Å²) in [6.07, 6.45) is 0.656. The van der Waals surface area contributed by atoms with Gasteiger partial charge >= 0.3 is 0 Å². The first kappa shape index (κ1) is 19.9. The minimum Gasteiger partial charge on any atom is -0.494 e. The van der Waals surface area contributed by atoms with E-state index >= 15 is 0 Å². The van der Waals surface area contributed by atoms with E-state index in [1.165, 1.54) is 25.3 Å². The molecule has 27 heavy (non-hydrogen) atoms. The summed E-state index contributed by atoms with van der Waals surface area (Å²) in [6, 6.07) is 6.59. The Labute approximate surface area is 166 Å². The van der Waals surface area contributed by atoms with Gasteiger partial charge in [-0.3, -0.25) is 4.79 Å². The molecule has 3 nitrogen and oxygen atoms in total. The van der Waals surface area contributed by atoms with E-state index < -0.39 is 23.0 Å².